The Bertz CT molecular complexity index is 849. The van der Waals surface area contributed by atoms with Gasteiger partial charge in [0.25, 0.3) is 0 Å². The number of piperazine rings is 1. The Hall–Kier alpha value is -1.67. The third kappa shape index (κ3) is 4.12. The Labute approximate surface area is 154 Å². The molecule has 2 aromatic carbocycles. The maximum Gasteiger partial charge on any atom is 0.243 e. The third-order valence-corrected chi connectivity index (χ3v) is 6.20. The van der Waals surface area contributed by atoms with Crippen molar-refractivity contribution in [2.45, 2.75) is 11.3 Å². The summed E-state index contributed by atoms with van der Waals surface area (Å²) in [6.45, 7) is 1.75. The molecule has 1 aliphatic heterocycles. The number of nitrogens with two attached hydrogens (primary N) is 1. The number of nitrogens with zero attached hydrogens (tertiary/aromatic N) is 2. The van der Waals surface area contributed by atoms with E-state index in [2.05, 4.69) is 0 Å². The van der Waals surface area contributed by atoms with E-state index in [-0.39, 0.29) is 18.3 Å². The molecule has 3 rings (SSSR count). The van der Waals surface area contributed by atoms with Crippen LogP contribution in [0.2, 0.25) is 0 Å². The van der Waals surface area contributed by atoms with Gasteiger partial charge in [0.05, 0.1) is 4.90 Å². The van der Waals surface area contributed by atoms with Gasteiger partial charge >= 0.3 is 0 Å². The van der Waals surface area contributed by atoms with Crippen molar-refractivity contribution in [2.24, 2.45) is 5.73 Å². The van der Waals surface area contributed by atoms with Gasteiger partial charge in [0.15, 0.2) is 0 Å². The van der Waals surface area contributed by atoms with Crippen LogP contribution in [0.25, 0.3) is 10.8 Å². The van der Waals surface area contributed by atoms with Crippen LogP contribution in [0.4, 0.5) is 0 Å². The fourth-order valence-corrected chi connectivity index (χ4v) is 4.39. The standard InChI is InChI=1S/C17H21N3O3S.ClH/c18-8-7-17(21)19-9-11-20(12-10-19)24(22,23)16-6-5-14-3-1-2-4-15(14)13-16;/h1-6,13H,7-12,18H2;1H. The van der Waals surface area contributed by atoms with Crippen molar-refractivity contribution in [3.05, 3.63) is 42.5 Å². The van der Waals surface area contributed by atoms with Gasteiger partial charge in [0.2, 0.25) is 15.9 Å². The summed E-state index contributed by atoms with van der Waals surface area (Å²) in [5, 5.41) is 1.91. The van der Waals surface area contributed by atoms with Crippen LogP contribution < -0.4 is 5.73 Å². The first kappa shape index (κ1) is 19.7. The SMILES string of the molecule is Cl.NCCC(=O)N1CCN(S(=O)(=O)c2ccc3ccccc3c2)CC1. The maximum absolute atomic E-state index is 12.8. The predicted molar refractivity (Wildman–Crippen MR) is 100 cm³/mol. The quantitative estimate of drug-likeness (QED) is 0.865. The van der Waals surface area contributed by atoms with Crippen molar-refractivity contribution in [3.63, 3.8) is 0 Å². The number of halogens is 1. The molecule has 1 heterocycles. The van der Waals surface area contributed by atoms with Crippen molar-refractivity contribution in [1.29, 1.82) is 0 Å². The van der Waals surface area contributed by atoms with E-state index >= 15 is 0 Å². The minimum absolute atomic E-state index is 0. The van der Waals surface area contributed by atoms with Gasteiger partial charge in [-0.15, -0.1) is 12.4 Å². The average molecular weight is 384 g/mol. The summed E-state index contributed by atoms with van der Waals surface area (Å²) in [5.41, 5.74) is 5.40. The number of hydrogen-bond donors (Lipinski definition) is 1. The van der Waals surface area contributed by atoms with Gasteiger partial charge < -0.3 is 10.6 Å². The second-order valence-corrected chi connectivity index (χ2v) is 7.77. The molecule has 0 aliphatic carbocycles. The lowest BCUT2D eigenvalue weighted by molar-refractivity contribution is -0.132. The smallest absolute Gasteiger partial charge is 0.243 e. The molecule has 0 atom stereocenters. The lowest BCUT2D eigenvalue weighted by atomic mass is 10.1. The molecule has 136 valence electrons. The molecule has 0 saturated carbocycles. The first-order chi connectivity index (χ1) is 11.5. The third-order valence-electron chi connectivity index (χ3n) is 4.31. The zero-order valence-electron chi connectivity index (χ0n) is 13.8. The van der Waals surface area contributed by atoms with E-state index in [4.69, 9.17) is 5.73 Å². The first-order valence-electron chi connectivity index (χ1n) is 7.99. The van der Waals surface area contributed by atoms with Crippen molar-refractivity contribution in [3.8, 4) is 0 Å². The summed E-state index contributed by atoms with van der Waals surface area (Å²) in [7, 11) is -3.54. The number of rotatable bonds is 4. The molecule has 1 aliphatic rings. The lowest BCUT2D eigenvalue weighted by Crippen LogP contribution is -2.50. The van der Waals surface area contributed by atoms with E-state index in [0.29, 0.717) is 44.0 Å². The van der Waals surface area contributed by atoms with Crippen LogP contribution in [0.1, 0.15) is 6.42 Å². The van der Waals surface area contributed by atoms with E-state index < -0.39 is 10.0 Å². The number of sulfonamides is 1. The minimum atomic E-state index is -3.54. The molecule has 1 saturated heterocycles. The molecule has 25 heavy (non-hydrogen) atoms. The van der Waals surface area contributed by atoms with Crippen LogP contribution in [0.15, 0.2) is 47.4 Å². The van der Waals surface area contributed by atoms with E-state index in [0.717, 1.165) is 10.8 Å². The Kier molecular flexibility index (Phi) is 6.40. The fraction of sp³-hybridized carbons (Fsp3) is 0.353. The highest BCUT2D eigenvalue weighted by atomic mass is 35.5. The molecule has 1 amide bonds. The molecule has 0 radical (unpaired) electrons. The van der Waals surface area contributed by atoms with Gasteiger partial charge in [-0.1, -0.05) is 30.3 Å². The average Bonchev–Trinajstić information content (AvgIpc) is 2.61. The van der Waals surface area contributed by atoms with Gasteiger partial charge in [0, 0.05) is 39.1 Å². The van der Waals surface area contributed by atoms with Crippen LogP contribution in [0.5, 0.6) is 0 Å². The first-order valence-corrected chi connectivity index (χ1v) is 9.43. The van der Waals surface area contributed by atoms with Gasteiger partial charge in [-0.3, -0.25) is 4.79 Å². The van der Waals surface area contributed by atoms with Crippen LogP contribution in [0.3, 0.4) is 0 Å². The van der Waals surface area contributed by atoms with E-state index in [1.165, 1.54) is 4.31 Å². The predicted octanol–water partition coefficient (Wildman–Crippen LogP) is 1.44. The number of hydrogen-bond acceptors (Lipinski definition) is 4. The second kappa shape index (κ2) is 8.14. The van der Waals surface area contributed by atoms with Crippen molar-refractivity contribution < 1.29 is 13.2 Å². The molecule has 0 spiro atoms. The Morgan fingerprint density at radius 1 is 1.00 bits per heavy atom. The van der Waals surface area contributed by atoms with Crippen LogP contribution in [-0.4, -0.2) is 56.3 Å². The molecule has 0 aromatic heterocycles. The van der Waals surface area contributed by atoms with Gasteiger partial charge in [-0.25, -0.2) is 8.42 Å². The van der Waals surface area contributed by atoms with E-state index in [9.17, 15) is 13.2 Å². The topological polar surface area (TPSA) is 83.7 Å². The number of carbonyl (C=O) groups is 1. The zero-order valence-corrected chi connectivity index (χ0v) is 15.4. The van der Waals surface area contributed by atoms with Crippen molar-refractivity contribution in [2.75, 3.05) is 32.7 Å². The Morgan fingerprint density at radius 3 is 2.28 bits per heavy atom. The van der Waals surface area contributed by atoms with E-state index in [1.807, 2.05) is 30.3 Å². The second-order valence-electron chi connectivity index (χ2n) is 5.83. The Morgan fingerprint density at radius 2 is 1.64 bits per heavy atom. The number of carbonyl (C=O) groups excluding carboxylic acids is 1. The number of amides is 1. The van der Waals surface area contributed by atoms with Crippen molar-refractivity contribution >= 4 is 39.1 Å². The summed E-state index contributed by atoms with van der Waals surface area (Å²) < 4.78 is 27.1. The van der Waals surface area contributed by atoms with Crippen molar-refractivity contribution in [1.82, 2.24) is 9.21 Å². The lowest BCUT2D eigenvalue weighted by Gasteiger charge is -2.34. The maximum atomic E-state index is 12.8. The van der Waals surface area contributed by atoms with Crippen LogP contribution in [-0.2, 0) is 14.8 Å². The van der Waals surface area contributed by atoms with E-state index in [1.54, 1.807) is 17.0 Å². The zero-order chi connectivity index (χ0) is 17.2. The largest absolute Gasteiger partial charge is 0.340 e. The van der Waals surface area contributed by atoms with Crippen LogP contribution >= 0.6 is 12.4 Å². The molecule has 6 nitrogen and oxygen atoms in total. The molecule has 0 unspecified atom stereocenters. The molecule has 1 fully saturated rings. The molecular weight excluding hydrogens is 362 g/mol. The van der Waals surface area contributed by atoms with Gasteiger partial charge in [-0.05, 0) is 22.9 Å². The highest BCUT2D eigenvalue weighted by Crippen LogP contribution is 2.22. The fourth-order valence-electron chi connectivity index (χ4n) is 2.94. The number of benzene rings is 2. The summed E-state index contributed by atoms with van der Waals surface area (Å²) in [4.78, 5) is 13.8. The minimum Gasteiger partial charge on any atom is -0.340 e. The molecule has 0 bridgehead atoms. The summed E-state index contributed by atoms with van der Waals surface area (Å²) in [6, 6.07) is 12.8. The molecule has 2 aromatic rings. The monoisotopic (exact) mass is 383 g/mol. The number of fused-ring (bicyclic) bond motifs is 1. The van der Waals surface area contributed by atoms with Gasteiger partial charge in [-0.2, -0.15) is 4.31 Å². The molecule has 8 heteroatoms. The highest BCUT2D eigenvalue weighted by molar-refractivity contribution is 7.89. The molecular formula is C17H22ClN3O3S. The van der Waals surface area contributed by atoms with Crippen LogP contribution in [0, 0.1) is 0 Å². The normalized spacial score (nSPS) is 15.8. The highest BCUT2D eigenvalue weighted by Gasteiger charge is 2.29. The summed E-state index contributed by atoms with van der Waals surface area (Å²) >= 11 is 0. The summed E-state index contributed by atoms with van der Waals surface area (Å²) in [6.07, 6.45) is 0.303. The summed E-state index contributed by atoms with van der Waals surface area (Å²) in [5.74, 6) is -0.0137. The Balaban J connectivity index is 0.00000225. The van der Waals surface area contributed by atoms with Gasteiger partial charge in [0.1, 0.15) is 0 Å². The molecule has 2 N–H and O–H groups in total.